The van der Waals surface area contributed by atoms with E-state index in [2.05, 4.69) is 15.2 Å². The number of amides is 1. The monoisotopic (exact) mass is 335 g/mol. The van der Waals surface area contributed by atoms with Crippen LogP contribution in [0.1, 0.15) is 6.42 Å². The lowest BCUT2D eigenvalue weighted by molar-refractivity contribution is -0.116. The lowest BCUT2D eigenvalue weighted by atomic mass is 10.1. The van der Waals surface area contributed by atoms with Gasteiger partial charge in [0.15, 0.2) is 5.75 Å². The number of phenols is 1. The highest BCUT2D eigenvalue weighted by molar-refractivity contribution is 6.35. The fraction of sp³-hybridized carbons (Fsp3) is 0.375. The van der Waals surface area contributed by atoms with Crippen LogP contribution in [0.3, 0.4) is 0 Å². The van der Waals surface area contributed by atoms with Crippen molar-refractivity contribution in [1.82, 2.24) is 9.88 Å². The molecule has 2 heterocycles. The first-order chi connectivity index (χ1) is 11.1. The topological polar surface area (TPSA) is 74.7 Å². The van der Waals surface area contributed by atoms with E-state index in [-0.39, 0.29) is 11.7 Å². The van der Waals surface area contributed by atoms with Gasteiger partial charge in [-0.05, 0) is 18.2 Å². The smallest absolute Gasteiger partial charge is 0.225 e. The molecule has 0 aliphatic carbocycles. The molecule has 0 spiro atoms. The fourth-order valence-corrected chi connectivity index (χ4v) is 2.78. The van der Waals surface area contributed by atoms with Crippen molar-refractivity contribution < 1.29 is 14.6 Å². The second-order valence-electron chi connectivity index (χ2n) is 5.40. The Morgan fingerprint density at radius 2 is 2.13 bits per heavy atom. The summed E-state index contributed by atoms with van der Waals surface area (Å²) in [6.45, 7) is 3.78. The summed E-state index contributed by atoms with van der Waals surface area (Å²) in [5.74, 6) is -0.210. The van der Waals surface area contributed by atoms with E-state index in [1.165, 1.54) is 6.20 Å². The number of nitrogens with one attached hydrogen (secondary N) is 1. The predicted octanol–water partition coefficient (Wildman–Crippen LogP) is 2.25. The summed E-state index contributed by atoms with van der Waals surface area (Å²) in [5, 5.41) is 14.2. The second kappa shape index (κ2) is 7.12. The van der Waals surface area contributed by atoms with Gasteiger partial charge in [0.05, 0.1) is 23.9 Å². The van der Waals surface area contributed by atoms with Crippen LogP contribution in [0.2, 0.25) is 5.02 Å². The van der Waals surface area contributed by atoms with Gasteiger partial charge in [-0.2, -0.15) is 0 Å². The first-order valence-electron chi connectivity index (χ1n) is 7.51. The maximum absolute atomic E-state index is 12.1. The normalized spacial score (nSPS) is 15.7. The second-order valence-corrected chi connectivity index (χ2v) is 5.81. The average Bonchev–Trinajstić information content (AvgIpc) is 2.57. The van der Waals surface area contributed by atoms with Gasteiger partial charge in [0.1, 0.15) is 5.52 Å². The maximum atomic E-state index is 12.1. The van der Waals surface area contributed by atoms with E-state index >= 15 is 0 Å². The SMILES string of the molecule is O=C(CCN1CCOCC1)Nc1ccc2c(Cl)ccnc2c1O. The number of anilines is 1. The first kappa shape index (κ1) is 16.0. The third kappa shape index (κ3) is 3.72. The number of aromatic nitrogens is 1. The number of pyridine rings is 1. The van der Waals surface area contributed by atoms with Gasteiger partial charge in [0.2, 0.25) is 5.91 Å². The number of hydrogen-bond donors (Lipinski definition) is 2. The highest BCUT2D eigenvalue weighted by Gasteiger charge is 2.14. The van der Waals surface area contributed by atoms with E-state index in [0.717, 1.165) is 13.1 Å². The van der Waals surface area contributed by atoms with Gasteiger partial charge >= 0.3 is 0 Å². The van der Waals surface area contributed by atoms with Crippen LogP contribution in [-0.4, -0.2) is 53.7 Å². The molecular formula is C16H18ClN3O3. The van der Waals surface area contributed by atoms with Crippen LogP contribution in [0.5, 0.6) is 5.75 Å². The molecule has 6 nitrogen and oxygen atoms in total. The zero-order chi connectivity index (χ0) is 16.2. The molecule has 7 heteroatoms. The summed E-state index contributed by atoms with van der Waals surface area (Å²) in [4.78, 5) is 18.4. The third-order valence-electron chi connectivity index (χ3n) is 3.87. The van der Waals surface area contributed by atoms with Crippen LogP contribution in [-0.2, 0) is 9.53 Å². The Morgan fingerprint density at radius 1 is 1.35 bits per heavy atom. The minimum absolute atomic E-state index is 0.0651. The molecule has 3 rings (SSSR count). The largest absolute Gasteiger partial charge is 0.504 e. The zero-order valence-electron chi connectivity index (χ0n) is 12.6. The quantitative estimate of drug-likeness (QED) is 0.838. The average molecular weight is 336 g/mol. The number of carbonyl (C=O) groups is 1. The van der Waals surface area contributed by atoms with Crippen LogP contribution in [0.15, 0.2) is 24.4 Å². The molecule has 1 aliphatic rings. The fourth-order valence-electron chi connectivity index (χ4n) is 2.57. The number of carbonyl (C=O) groups excluding carboxylic acids is 1. The van der Waals surface area contributed by atoms with E-state index in [1.54, 1.807) is 18.2 Å². The molecule has 1 aromatic carbocycles. The van der Waals surface area contributed by atoms with Gasteiger partial charge in [-0.3, -0.25) is 14.7 Å². The summed E-state index contributed by atoms with van der Waals surface area (Å²) in [6, 6.07) is 5.03. The molecule has 122 valence electrons. The molecular weight excluding hydrogens is 318 g/mol. The number of fused-ring (bicyclic) bond motifs is 1. The van der Waals surface area contributed by atoms with Gasteiger partial charge in [-0.25, -0.2) is 0 Å². The molecule has 2 aromatic rings. The number of morpholine rings is 1. The molecule has 0 bridgehead atoms. The molecule has 0 saturated carbocycles. The van der Waals surface area contributed by atoms with Gasteiger partial charge in [0.25, 0.3) is 0 Å². The maximum Gasteiger partial charge on any atom is 0.225 e. The highest BCUT2D eigenvalue weighted by atomic mass is 35.5. The summed E-state index contributed by atoms with van der Waals surface area (Å²) >= 11 is 6.07. The summed E-state index contributed by atoms with van der Waals surface area (Å²) in [5.41, 5.74) is 0.725. The van der Waals surface area contributed by atoms with E-state index in [9.17, 15) is 9.90 Å². The van der Waals surface area contributed by atoms with Crippen molar-refractivity contribution in [2.45, 2.75) is 6.42 Å². The third-order valence-corrected chi connectivity index (χ3v) is 4.20. The minimum atomic E-state index is -0.145. The van der Waals surface area contributed by atoms with Crippen LogP contribution in [0.25, 0.3) is 10.9 Å². The van der Waals surface area contributed by atoms with Crippen molar-refractivity contribution in [2.75, 3.05) is 38.2 Å². The number of phenolic OH excluding ortho intramolecular Hbond substituents is 1. The Morgan fingerprint density at radius 3 is 2.91 bits per heavy atom. The lowest BCUT2D eigenvalue weighted by Crippen LogP contribution is -2.38. The Labute approximate surface area is 139 Å². The van der Waals surface area contributed by atoms with Crippen LogP contribution < -0.4 is 5.32 Å². The van der Waals surface area contributed by atoms with Crippen LogP contribution in [0.4, 0.5) is 5.69 Å². The van der Waals surface area contributed by atoms with Gasteiger partial charge in [-0.15, -0.1) is 0 Å². The molecule has 1 fully saturated rings. The molecule has 0 radical (unpaired) electrons. The predicted molar refractivity (Wildman–Crippen MR) is 88.9 cm³/mol. The van der Waals surface area contributed by atoms with Crippen molar-refractivity contribution in [1.29, 1.82) is 0 Å². The van der Waals surface area contributed by atoms with Crippen molar-refractivity contribution in [2.24, 2.45) is 0 Å². The standard InChI is InChI=1S/C16H18ClN3O3/c17-12-3-5-18-15-11(12)1-2-13(16(15)22)19-14(21)4-6-20-7-9-23-10-8-20/h1-3,5,22H,4,6-10H2,(H,19,21). The highest BCUT2D eigenvalue weighted by Crippen LogP contribution is 2.34. The summed E-state index contributed by atoms with van der Waals surface area (Å²) < 4.78 is 5.28. The number of hydrogen-bond acceptors (Lipinski definition) is 5. The van der Waals surface area contributed by atoms with Crippen LogP contribution >= 0.6 is 11.6 Å². The summed E-state index contributed by atoms with van der Waals surface area (Å²) in [6.07, 6.45) is 1.88. The minimum Gasteiger partial charge on any atom is -0.504 e. The summed E-state index contributed by atoms with van der Waals surface area (Å²) in [7, 11) is 0. The number of aromatic hydroxyl groups is 1. The van der Waals surface area contributed by atoms with E-state index in [4.69, 9.17) is 16.3 Å². The number of halogens is 1. The van der Waals surface area contributed by atoms with Gasteiger partial charge in [0, 0.05) is 37.6 Å². The Bertz CT molecular complexity index is 717. The molecule has 23 heavy (non-hydrogen) atoms. The number of rotatable bonds is 4. The molecule has 2 N–H and O–H groups in total. The van der Waals surface area contributed by atoms with Crippen LogP contribution in [0, 0.1) is 0 Å². The van der Waals surface area contributed by atoms with Crippen molar-refractivity contribution in [3.05, 3.63) is 29.4 Å². The number of nitrogens with zero attached hydrogens (tertiary/aromatic N) is 2. The number of ether oxygens (including phenoxy) is 1. The lowest BCUT2D eigenvalue weighted by Gasteiger charge is -2.26. The van der Waals surface area contributed by atoms with E-state index < -0.39 is 0 Å². The van der Waals surface area contributed by atoms with Gasteiger partial charge in [-0.1, -0.05) is 11.6 Å². The molecule has 1 aromatic heterocycles. The molecule has 1 amide bonds. The van der Waals surface area contributed by atoms with Gasteiger partial charge < -0.3 is 15.2 Å². The zero-order valence-corrected chi connectivity index (χ0v) is 13.3. The van der Waals surface area contributed by atoms with Crippen molar-refractivity contribution >= 4 is 34.1 Å². The van der Waals surface area contributed by atoms with E-state index in [0.29, 0.717) is 47.8 Å². The van der Waals surface area contributed by atoms with Crippen molar-refractivity contribution in [3.63, 3.8) is 0 Å². The molecule has 0 atom stereocenters. The Kier molecular flexibility index (Phi) is 4.95. The van der Waals surface area contributed by atoms with E-state index in [1.807, 2.05) is 0 Å². The molecule has 1 saturated heterocycles. The Hall–Kier alpha value is -1.89. The Balaban J connectivity index is 1.66. The molecule has 1 aliphatic heterocycles. The molecule has 0 unspecified atom stereocenters. The van der Waals surface area contributed by atoms with Crippen molar-refractivity contribution in [3.8, 4) is 5.75 Å². The number of benzene rings is 1. The first-order valence-corrected chi connectivity index (χ1v) is 7.89.